The molecule has 0 aromatic heterocycles. The van der Waals surface area contributed by atoms with Crippen molar-refractivity contribution < 1.29 is 31.1 Å². The highest BCUT2D eigenvalue weighted by Crippen LogP contribution is 2.28. The van der Waals surface area contributed by atoms with E-state index >= 15 is 0 Å². The van der Waals surface area contributed by atoms with Crippen LogP contribution in [0, 0.1) is 0 Å². The lowest BCUT2D eigenvalue weighted by atomic mass is 10.1. The summed E-state index contributed by atoms with van der Waals surface area (Å²) in [6, 6.07) is 8.33. The van der Waals surface area contributed by atoms with Gasteiger partial charge in [0.05, 0.1) is 4.90 Å². The number of hydrogen-bond acceptors (Lipinski definition) is 4. The van der Waals surface area contributed by atoms with Gasteiger partial charge in [-0.25, -0.2) is 13.2 Å². The number of nitrogens with one attached hydrogen (secondary N) is 2. The second-order valence-electron chi connectivity index (χ2n) is 5.79. The van der Waals surface area contributed by atoms with E-state index in [0.29, 0.717) is 11.3 Å². The van der Waals surface area contributed by atoms with Crippen LogP contribution >= 0.6 is 0 Å². The Morgan fingerprint density at radius 1 is 1.19 bits per heavy atom. The molecule has 0 unspecified atom stereocenters. The van der Waals surface area contributed by atoms with Crippen LogP contribution in [0.2, 0.25) is 0 Å². The van der Waals surface area contributed by atoms with E-state index in [9.17, 15) is 26.4 Å². The number of hydrogen-bond donors (Lipinski definition) is 2. The normalized spacial score (nSPS) is 14.4. The van der Waals surface area contributed by atoms with Crippen LogP contribution in [0.1, 0.15) is 5.56 Å². The van der Waals surface area contributed by atoms with Crippen molar-refractivity contribution in [3.63, 3.8) is 0 Å². The van der Waals surface area contributed by atoms with Gasteiger partial charge < -0.3 is 15.0 Å². The lowest BCUT2D eigenvalue weighted by Crippen LogP contribution is -2.35. The fourth-order valence-corrected chi connectivity index (χ4v) is 3.58. The number of sulfonamides is 1. The van der Waals surface area contributed by atoms with Gasteiger partial charge in [-0.15, -0.1) is 13.2 Å². The van der Waals surface area contributed by atoms with Gasteiger partial charge in [-0.05, 0) is 35.9 Å². The molecule has 2 N–H and O–H groups in total. The molecule has 0 bridgehead atoms. The van der Waals surface area contributed by atoms with Crippen LogP contribution in [0.25, 0.3) is 0 Å². The molecule has 1 aliphatic rings. The Hall–Kier alpha value is -2.95. The smallest absolute Gasteiger partial charge is 0.406 e. The molecule has 0 saturated heterocycles. The number of carbonyl (C=O) groups is 1. The Morgan fingerprint density at radius 2 is 1.93 bits per heavy atom. The Bertz CT molecular complexity index is 993. The summed E-state index contributed by atoms with van der Waals surface area (Å²) in [7, 11) is -2.56. The fourth-order valence-electron chi connectivity index (χ4n) is 2.50. The second-order valence-corrected chi connectivity index (χ2v) is 7.47. The standard InChI is InChI=1S/C16H14F3N3O4S/c1-22-9-10-7-11(5-6-14(10)20-15(22)23)21-27(24,25)13-4-2-3-12(8-13)26-16(17,18)19/h2-8,21H,9H2,1H3,(H,20,23). The first kappa shape index (κ1) is 18.8. The summed E-state index contributed by atoms with van der Waals surface area (Å²) < 4.78 is 67.9. The number of anilines is 2. The lowest BCUT2D eigenvalue weighted by molar-refractivity contribution is -0.274. The van der Waals surface area contributed by atoms with E-state index in [4.69, 9.17) is 0 Å². The van der Waals surface area contributed by atoms with Gasteiger partial charge in [0, 0.05) is 31.0 Å². The Labute approximate surface area is 152 Å². The molecule has 0 radical (unpaired) electrons. The van der Waals surface area contributed by atoms with Gasteiger partial charge in [-0.3, -0.25) is 4.72 Å². The van der Waals surface area contributed by atoms with Crippen LogP contribution in [0.15, 0.2) is 47.4 Å². The molecule has 1 heterocycles. The summed E-state index contributed by atoms with van der Waals surface area (Å²) in [5, 5.41) is 2.65. The zero-order chi connectivity index (χ0) is 19.8. The fraction of sp³-hybridized carbons (Fsp3) is 0.188. The number of benzene rings is 2. The first-order chi connectivity index (χ1) is 12.5. The van der Waals surface area contributed by atoms with E-state index in [1.807, 2.05) is 0 Å². The van der Waals surface area contributed by atoms with Crippen molar-refractivity contribution in [1.29, 1.82) is 0 Å². The predicted molar refractivity (Wildman–Crippen MR) is 90.9 cm³/mol. The molecule has 27 heavy (non-hydrogen) atoms. The van der Waals surface area contributed by atoms with Gasteiger partial charge in [0.2, 0.25) is 0 Å². The molecule has 0 aliphatic carbocycles. The number of amides is 2. The number of urea groups is 1. The molecular formula is C16H14F3N3O4S. The van der Waals surface area contributed by atoms with Crippen LogP contribution in [0.5, 0.6) is 5.75 Å². The molecule has 0 spiro atoms. The van der Waals surface area contributed by atoms with Crippen molar-refractivity contribution >= 4 is 27.4 Å². The maximum absolute atomic E-state index is 12.5. The summed E-state index contributed by atoms with van der Waals surface area (Å²) >= 11 is 0. The minimum atomic E-state index is -4.93. The van der Waals surface area contributed by atoms with Gasteiger partial charge >= 0.3 is 12.4 Å². The molecule has 1 aliphatic heterocycles. The molecule has 2 aromatic rings. The van der Waals surface area contributed by atoms with Gasteiger partial charge in [-0.2, -0.15) is 0 Å². The van der Waals surface area contributed by atoms with Crippen molar-refractivity contribution in [2.75, 3.05) is 17.1 Å². The van der Waals surface area contributed by atoms with E-state index in [1.54, 1.807) is 19.2 Å². The van der Waals surface area contributed by atoms with E-state index in [-0.39, 0.29) is 23.2 Å². The molecule has 0 saturated carbocycles. The minimum absolute atomic E-state index is 0.209. The van der Waals surface area contributed by atoms with Gasteiger partial charge in [0.25, 0.3) is 10.0 Å². The molecule has 0 atom stereocenters. The third kappa shape index (κ3) is 4.42. The highest BCUT2D eigenvalue weighted by Gasteiger charge is 2.31. The summed E-state index contributed by atoms with van der Waals surface area (Å²) in [6.45, 7) is 0.283. The number of alkyl halides is 3. The van der Waals surface area contributed by atoms with Crippen LogP contribution < -0.4 is 14.8 Å². The SMILES string of the molecule is CN1Cc2cc(NS(=O)(=O)c3cccc(OC(F)(F)F)c3)ccc2NC1=O. The monoisotopic (exact) mass is 401 g/mol. The van der Waals surface area contributed by atoms with E-state index < -0.39 is 22.1 Å². The maximum Gasteiger partial charge on any atom is 0.573 e. The Morgan fingerprint density at radius 3 is 2.63 bits per heavy atom. The number of nitrogens with zero attached hydrogens (tertiary/aromatic N) is 1. The molecule has 144 valence electrons. The highest BCUT2D eigenvalue weighted by molar-refractivity contribution is 7.92. The molecule has 11 heteroatoms. The molecule has 0 fully saturated rings. The molecule has 2 aromatic carbocycles. The Kier molecular flexibility index (Phi) is 4.64. The van der Waals surface area contributed by atoms with Crippen molar-refractivity contribution in [2.45, 2.75) is 17.8 Å². The zero-order valence-electron chi connectivity index (χ0n) is 13.9. The number of fused-ring (bicyclic) bond motifs is 1. The lowest BCUT2D eigenvalue weighted by Gasteiger charge is -2.26. The van der Waals surface area contributed by atoms with Gasteiger partial charge in [-0.1, -0.05) is 6.07 Å². The zero-order valence-corrected chi connectivity index (χ0v) is 14.7. The van der Waals surface area contributed by atoms with E-state index in [1.165, 1.54) is 11.0 Å². The quantitative estimate of drug-likeness (QED) is 0.822. The summed E-state index contributed by atoms with van der Waals surface area (Å²) in [5.74, 6) is -0.639. The first-order valence-corrected chi connectivity index (χ1v) is 9.05. The van der Waals surface area contributed by atoms with Crippen LogP contribution in [-0.2, 0) is 16.6 Å². The van der Waals surface area contributed by atoms with Crippen LogP contribution in [-0.4, -0.2) is 32.8 Å². The molecular weight excluding hydrogens is 387 g/mol. The van der Waals surface area contributed by atoms with Crippen molar-refractivity contribution in [2.24, 2.45) is 0 Å². The number of ether oxygens (including phenoxy) is 1. The molecule has 2 amide bonds. The number of rotatable bonds is 4. The summed E-state index contributed by atoms with van der Waals surface area (Å²) in [5.41, 5.74) is 1.45. The summed E-state index contributed by atoms with van der Waals surface area (Å²) in [4.78, 5) is 12.6. The van der Waals surface area contributed by atoms with Crippen molar-refractivity contribution in [1.82, 2.24) is 4.90 Å². The topological polar surface area (TPSA) is 87.7 Å². The summed E-state index contributed by atoms with van der Waals surface area (Å²) in [6.07, 6.45) is -4.93. The molecule has 7 nitrogen and oxygen atoms in total. The number of halogens is 3. The van der Waals surface area contributed by atoms with Crippen molar-refractivity contribution in [3.05, 3.63) is 48.0 Å². The van der Waals surface area contributed by atoms with Crippen LogP contribution in [0.4, 0.5) is 29.3 Å². The highest BCUT2D eigenvalue weighted by atomic mass is 32.2. The van der Waals surface area contributed by atoms with E-state index in [2.05, 4.69) is 14.8 Å². The predicted octanol–water partition coefficient (Wildman–Crippen LogP) is 3.36. The number of carbonyl (C=O) groups excluding carboxylic acids is 1. The maximum atomic E-state index is 12.5. The average Bonchev–Trinajstić information content (AvgIpc) is 2.54. The third-order valence-electron chi connectivity index (χ3n) is 3.70. The van der Waals surface area contributed by atoms with Gasteiger partial charge in [0.15, 0.2) is 0 Å². The Balaban J connectivity index is 1.84. The second kappa shape index (κ2) is 6.65. The first-order valence-electron chi connectivity index (χ1n) is 7.57. The minimum Gasteiger partial charge on any atom is -0.406 e. The van der Waals surface area contributed by atoms with Gasteiger partial charge in [0.1, 0.15) is 5.75 Å². The molecule has 3 rings (SSSR count). The average molecular weight is 401 g/mol. The third-order valence-corrected chi connectivity index (χ3v) is 5.08. The van der Waals surface area contributed by atoms with Crippen LogP contribution in [0.3, 0.4) is 0 Å². The van der Waals surface area contributed by atoms with Crippen molar-refractivity contribution in [3.8, 4) is 5.75 Å². The van der Waals surface area contributed by atoms with E-state index in [0.717, 1.165) is 24.3 Å². The largest absolute Gasteiger partial charge is 0.573 e.